The number of halogens is 3. The zero-order valence-corrected chi connectivity index (χ0v) is 16.1. The van der Waals surface area contributed by atoms with Crippen LogP contribution in [-0.2, 0) is 4.79 Å². The van der Waals surface area contributed by atoms with Crippen molar-refractivity contribution in [1.82, 2.24) is 0 Å². The summed E-state index contributed by atoms with van der Waals surface area (Å²) in [5.74, 6) is 0.323. The zero-order valence-electron chi connectivity index (χ0n) is 13.0. The Kier molecular flexibility index (Phi) is 5.95. The van der Waals surface area contributed by atoms with Gasteiger partial charge in [-0.05, 0) is 71.6 Å². The normalized spacial score (nSPS) is 10.5. The second kappa shape index (κ2) is 7.56. The van der Waals surface area contributed by atoms with Crippen LogP contribution in [0.2, 0.25) is 10.0 Å². The van der Waals surface area contributed by atoms with Gasteiger partial charge in [-0.3, -0.25) is 4.79 Å². The molecule has 0 fully saturated rings. The van der Waals surface area contributed by atoms with E-state index in [1.807, 2.05) is 26.8 Å². The van der Waals surface area contributed by atoms with Gasteiger partial charge in [-0.15, -0.1) is 0 Å². The van der Waals surface area contributed by atoms with Crippen LogP contribution in [0.5, 0.6) is 5.75 Å². The summed E-state index contributed by atoms with van der Waals surface area (Å²) >= 11 is 15.7. The van der Waals surface area contributed by atoms with Crippen molar-refractivity contribution in [1.29, 1.82) is 0 Å². The number of carbonyl (C=O) groups excluding carboxylic acids is 1. The van der Waals surface area contributed by atoms with Gasteiger partial charge in [0.15, 0.2) is 6.61 Å². The van der Waals surface area contributed by atoms with Gasteiger partial charge in [0.1, 0.15) is 5.75 Å². The summed E-state index contributed by atoms with van der Waals surface area (Å²) in [6.45, 7) is 5.58. The first-order chi connectivity index (χ1) is 10.8. The zero-order chi connectivity index (χ0) is 17.1. The molecule has 122 valence electrons. The fourth-order valence-electron chi connectivity index (χ4n) is 2.02. The summed E-state index contributed by atoms with van der Waals surface area (Å²) in [4.78, 5) is 12.0. The van der Waals surface area contributed by atoms with Gasteiger partial charge in [-0.2, -0.15) is 0 Å². The van der Waals surface area contributed by atoms with Crippen LogP contribution < -0.4 is 10.1 Å². The molecule has 0 bridgehead atoms. The molecule has 0 aliphatic rings. The molecule has 0 atom stereocenters. The van der Waals surface area contributed by atoms with E-state index in [9.17, 15) is 4.79 Å². The van der Waals surface area contributed by atoms with Crippen LogP contribution >= 0.6 is 39.1 Å². The van der Waals surface area contributed by atoms with Crippen molar-refractivity contribution in [2.24, 2.45) is 0 Å². The Labute approximate surface area is 154 Å². The van der Waals surface area contributed by atoms with Gasteiger partial charge in [0, 0.05) is 15.7 Å². The Morgan fingerprint density at radius 2 is 1.87 bits per heavy atom. The van der Waals surface area contributed by atoms with E-state index in [-0.39, 0.29) is 12.5 Å². The lowest BCUT2D eigenvalue weighted by atomic mass is 10.1. The van der Waals surface area contributed by atoms with Crippen LogP contribution in [-0.4, -0.2) is 12.5 Å². The van der Waals surface area contributed by atoms with Gasteiger partial charge in [0.05, 0.1) is 4.47 Å². The molecule has 0 aliphatic heterocycles. The van der Waals surface area contributed by atoms with Crippen LogP contribution in [0.3, 0.4) is 0 Å². The molecule has 0 saturated heterocycles. The second-order valence-corrected chi connectivity index (χ2v) is 6.82. The molecule has 0 spiro atoms. The molecule has 2 rings (SSSR count). The van der Waals surface area contributed by atoms with Crippen molar-refractivity contribution >= 4 is 50.7 Å². The predicted octanol–water partition coefficient (Wildman–Crippen LogP) is 5.70. The highest BCUT2D eigenvalue weighted by Gasteiger charge is 2.12. The fraction of sp³-hybridized carbons (Fsp3) is 0.235. The monoisotopic (exact) mass is 415 g/mol. The standard InChI is InChI=1S/C17H16BrCl2NO2/c1-9-4-5-12(7-13(9)19)21-15(22)8-23-14-6-10(2)17(20)11(3)16(14)18/h4-7H,8H2,1-3H3,(H,21,22). The van der Waals surface area contributed by atoms with Gasteiger partial charge in [0.25, 0.3) is 5.91 Å². The number of anilines is 1. The Morgan fingerprint density at radius 3 is 2.52 bits per heavy atom. The third kappa shape index (κ3) is 4.40. The summed E-state index contributed by atoms with van der Waals surface area (Å²) in [6, 6.07) is 7.16. The number of carbonyl (C=O) groups is 1. The smallest absolute Gasteiger partial charge is 0.262 e. The van der Waals surface area contributed by atoms with E-state index < -0.39 is 0 Å². The Morgan fingerprint density at radius 1 is 1.17 bits per heavy atom. The average molecular weight is 417 g/mol. The number of amides is 1. The molecule has 1 amide bonds. The van der Waals surface area contributed by atoms with Gasteiger partial charge >= 0.3 is 0 Å². The van der Waals surface area contributed by atoms with E-state index in [1.165, 1.54) is 0 Å². The lowest BCUT2D eigenvalue weighted by Gasteiger charge is -2.13. The summed E-state index contributed by atoms with van der Waals surface area (Å²) in [6.07, 6.45) is 0. The molecule has 0 aliphatic carbocycles. The van der Waals surface area contributed by atoms with E-state index in [0.29, 0.717) is 21.5 Å². The molecule has 0 aromatic heterocycles. The van der Waals surface area contributed by atoms with Crippen molar-refractivity contribution in [2.45, 2.75) is 20.8 Å². The summed E-state index contributed by atoms with van der Waals surface area (Å²) in [5.41, 5.74) is 3.37. The molecule has 2 aromatic carbocycles. The Bertz CT molecular complexity index is 763. The van der Waals surface area contributed by atoms with Crippen molar-refractivity contribution in [3.63, 3.8) is 0 Å². The second-order valence-electron chi connectivity index (χ2n) is 5.25. The third-order valence-corrected chi connectivity index (χ3v) is 5.36. The first-order valence-corrected chi connectivity index (χ1v) is 8.48. The van der Waals surface area contributed by atoms with E-state index in [2.05, 4.69) is 21.2 Å². The summed E-state index contributed by atoms with van der Waals surface area (Å²) in [5, 5.41) is 4.04. The first-order valence-electron chi connectivity index (χ1n) is 6.93. The lowest BCUT2D eigenvalue weighted by molar-refractivity contribution is -0.118. The maximum Gasteiger partial charge on any atom is 0.262 e. The topological polar surface area (TPSA) is 38.3 Å². The van der Waals surface area contributed by atoms with E-state index >= 15 is 0 Å². The van der Waals surface area contributed by atoms with E-state index in [1.54, 1.807) is 18.2 Å². The maximum atomic E-state index is 12.0. The Balaban J connectivity index is 2.03. The van der Waals surface area contributed by atoms with Crippen LogP contribution in [0.1, 0.15) is 16.7 Å². The van der Waals surface area contributed by atoms with Crippen molar-refractivity contribution in [3.8, 4) is 5.75 Å². The molecule has 3 nitrogen and oxygen atoms in total. The first kappa shape index (κ1) is 18.1. The maximum absolute atomic E-state index is 12.0. The van der Waals surface area contributed by atoms with Crippen LogP contribution in [0.15, 0.2) is 28.7 Å². The molecule has 1 N–H and O–H groups in total. The van der Waals surface area contributed by atoms with Gasteiger partial charge < -0.3 is 10.1 Å². The average Bonchev–Trinajstić information content (AvgIpc) is 2.51. The lowest BCUT2D eigenvalue weighted by Crippen LogP contribution is -2.20. The molecular weight excluding hydrogens is 401 g/mol. The van der Waals surface area contributed by atoms with Crippen molar-refractivity contribution in [3.05, 3.63) is 55.5 Å². The number of aryl methyl sites for hydroxylation is 2. The molecule has 0 unspecified atom stereocenters. The molecule has 6 heteroatoms. The molecule has 23 heavy (non-hydrogen) atoms. The predicted molar refractivity (Wildman–Crippen MR) is 98.9 cm³/mol. The highest BCUT2D eigenvalue weighted by Crippen LogP contribution is 2.35. The van der Waals surface area contributed by atoms with E-state index in [4.69, 9.17) is 27.9 Å². The highest BCUT2D eigenvalue weighted by molar-refractivity contribution is 9.10. The number of ether oxygens (including phenoxy) is 1. The summed E-state index contributed by atoms with van der Waals surface area (Å²) in [7, 11) is 0. The highest BCUT2D eigenvalue weighted by atomic mass is 79.9. The third-order valence-electron chi connectivity index (χ3n) is 3.38. The molecule has 0 heterocycles. The van der Waals surface area contributed by atoms with Crippen LogP contribution in [0.25, 0.3) is 0 Å². The molecule has 0 radical (unpaired) electrons. The molecular formula is C17H16BrCl2NO2. The van der Waals surface area contributed by atoms with Gasteiger partial charge in [0.2, 0.25) is 0 Å². The van der Waals surface area contributed by atoms with E-state index in [0.717, 1.165) is 21.2 Å². The quantitative estimate of drug-likeness (QED) is 0.694. The number of benzene rings is 2. The van der Waals surface area contributed by atoms with Crippen molar-refractivity contribution in [2.75, 3.05) is 11.9 Å². The number of nitrogens with one attached hydrogen (secondary N) is 1. The fourth-order valence-corrected chi connectivity index (χ4v) is 2.89. The molecule has 0 saturated carbocycles. The number of rotatable bonds is 4. The van der Waals surface area contributed by atoms with Gasteiger partial charge in [-0.25, -0.2) is 0 Å². The minimum atomic E-state index is -0.262. The van der Waals surface area contributed by atoms with Crippen molar-refractivity contribution < 1.29 is 9.53 Å². The number of hydrogen-bond acceptors (Lipinski definition) is 2. The molecule has 2 aromatic rings. The van der Waals surface area contributed by atoms with Gasteiger partial charge in [-0.1, -0.05) is 29.3 Å². The minimum Gasteiger partial charge on any atom is -0.483 e. The summed E-state index contributed by atoms with van der Waals surface area (Å²) < 4.78 is 6.34. The SMILES string of the molecule is Cc1ccc(NC(=O)COc2cc(C)c(Cl)c(C)c2Br)cc1Cl. The largest absolute Gasteiger partial charge is 0.483 e. The minimum absolute atomic E-state index is 0.107. The van der Waals surface area contributed by atoms with Crippen LogP contribution in [0, 0.1) is 20.8 Å². The van der Waals surface area contributed by atoms with Crippen LogP contribution in [0.4, 0.5) is 5.69 Å². The Hall–Kier alpha value is -1.23. The number of hydrogen-bond donors (Lipinski definition) is 1.